The first-order valence-electron chi connectivity index (χ1n) is 5.73. The summed E-state index contributed by atoms with van der Waals surface area (Å²) < 4.78 is 61.3. The molecule has 0 rings (SSSR count). The Labute approximate surface area is 111 Å². The number of rotatable bonds is 8. The van der Waals surface area contributed by atoms with Gasteiger partial charge >= 0.3 is 6.18 Å². The fraction of sp³-hybridized carbons (Fsp3) is 1.00. The second kappa shape index (κ2) is 7.55. The molecule has 0 N–H and O–H groups in total. The van der Waals surface area contributed by atoms with Gasteiger partial charge in [0.25, 0.3) is 0 Å². The highest BCUT2D eigenvalue weighted by Gasteiger charge is 2.36. The molecule has 8 heteroatoms. The molecule has 0 amide bonds. The zero-order valence-electron chi connectivity index (χ0n) is 10.5. The van der Waals surface area contributed by atoms with Crippen molar-refractivity contribution in [2.45, 2.75) is 32.9 Å². The zero-order chi connectivity index (χ0) is 14.4. The molecule has 0 spiro atoms. The summed E-state index contributed by atoms with van der Waals surface area (Å²) in [6.45, 7) is 1.85. The van der Waals surface area contributed by atoms with Crippen molar-refractivity contribution in [2.75, 3.05) is 24.7 Å². The Morgan fingerprint density at radius 3 is 2.28 bits per heavy atom. The van der Waals surface area contributed by atoms with Crippen LogP contribution in [-0.2, 0) is 10.0 Å². The zero-order valence-corrected chi connectivity index (χ0v) is 12.1. The Kier molecular flexibility index (Phi) is 7.54. The molecular formula is C10H19ClF3NO2S. The van der Waals surface area contributed by atoms with Crippen LogP contribution in [0.5, 0.6) is 0 Å². The Hall–Kier alpha value is -0.0100. The second-order valence-electron chi connectivity index (χ2n) is 4.34. The Morgan fingerprint density at radius 2 is 1.89 bits per heavy atom. The first-order chi connectivity index (χ1) is 8.12. The van der Waals surface area contributed by atoms with Gasteiger partial charge in [0.05, 0.1) is 5.75 Å². The average Bonchev–Trinajstić information content (AvgIpc) is 2.21. The summed E-state index contributed by atoms with van der Waals surface area (Å²) in [5.74, 6) is -0.614. The van der Waals surface area contributed by atoms with Crippen LogP contribution in [0.25, 0.3) is 0 Å². The molecule has 0 heterocycles. The molecule has 1 unspecified atom stereocenters. The third-order valence-electron chi connectivity index (χ3n) is 2.27. The largest absolute Gasteiger partial charge is 0.402 e. The highest BCUT2D eigenvalue weighted by molar-refractivity contribution is 7.89. The van der Waals surface area contributed by atoms with Crippen LogP contribution >= 0.6 is 11.6 Å². The van der Waals surface area contributed by atoms with Gasteiger partial charge in [-0.05, 0) is 12.3 Å². The molecule has 0 saturated heterocycles. The van der Waals surface area contributed by atoms with Crippen LogP contribution < -0.4 is 0 Å². The molecule has 1 atom stereocenters. The van der Waals surface area contributed by atoms with E-state index in [1.54, 1.807) is 13.8 Å². The second-order valence-corrected chi connectivity index (χ2v) is 6.66. The lowest BCUT2D eigenvalue weighted by Gasteiger charge is -2.24. The van der Waals surface area contributed by atoms with Crippen LogP contribution in [0.2, 0.25) is 0 Å². The predicted octanol–water partition coefficient (Wildman–Crippen LogP) is 2.86. The Bertz CT molecular complexity index is 333. The van der Waals surface area contributed by atoms with Crippen LogP contribution in [-0.4, -0.2) is 43.6 Å². The monoisotopic (exact) mass is 309 g/mol. The molecule has 0 aliphatic carbocycles. The number of hydrogen-bond acceptors (Lipinski definition) is 2. The number of unbranched alkanes of at least 4 members (excludes halogenated alkanes) is 1. The minimum atomic E-state index is -4.52. The van der Waals surface area contributed by atoms with E-state index in [9.17, 15) is 21.6 Å². The van der Waals surface area contributed by atoms with Crippen molar-refractivity contribution in [3.05, 3.63) is 0 Å². The van der Waals surface area contributed by atoms with E-state index in [0.717, 1.165) is 0 Å². The molecule has 0 radical (unpaired) electrons. The molecule has 0 aromatic carbocycles. The maximum absolute atomic E-state index is 12.4. The fourth-order valence-electron chi connectivity index (χ4n) is 1.36. The van der Waals surface area contributed by atoms with E-state index in [2.05, 4.69) is 0 Å². The predicted molar refractivity (Wildman–Crippen MR) is 66.2 cm³/mol. The van der Waals surface area contributed by atoms with Crippen molar-refractivity contribution >= 4 is 21.6 Å². The van der Waals surface area contributed by atoms with Crippen molar-refractivity contribution < 1.29 is 21.6 Å². The molecule has 0 aromatic heterocycles. The van der Waals surface area contributed by atoms with Crippen molar-refractivity contribution in [1.82, 2.24) is 4.31 Å². The van der Waals surface area contributed by atoms with Gasteiger partial charge in [-0.15, -0.1) is 11.6 Å². The molecule has 3 nitrogen and oxygen atoms in total. The van der Waals surface area contributed by atoms with Crippen molar-refractivity contribution in [3.63, 3.8) is 0 Å². The first kappa shape index (κ1) is 18.0. The van der Waals surface area contributed by atoms with Crippen molar-refractivity contribution in [1.29, 1.82) is 0 Å². The van der Waals surface area contributed by atoms with Crippen molar-refractivity contribution in [2.24, 2.45) is 5.92 Å². The van der Waals surface area contributed by atoms with Gasteiger partial charge in [-0.3, -0.25) is 0 Å². The van der Waals surface area contributed by atoms with Gasteiger partial charge in [0.15, 0.2) is 0 Å². The topological polar surface area (TPSA) is 37.4 Å². The van der Waals surface area contributed by atoms with Crippen LogP contribution in [0.1, 0.15) is 26.7 Å². The fourth-order valence-corrected chi connectivity index (χ4v) is 3.40. The van der Waals surface area contributed by atoms with Crippen LogP contribution in [0.3, 0.4) is 0 Å². The first-order valence-corrected chi connectivity index (χ1v) is 7.87. The normalized spacial score (nSPS) is 15.1. The Balaban J connectivity index is 4.82. The minimum absolute atomic E-state index is 0.104. The van der Waals surface area contributed by atoms with E-state index in [4.69, 9.17) is 11.6 Å². The molecule has 0 fully saturated rings. The lowest BCUT2D eigenvalue weighted by atomic mass is 10.3. The summed E-state index contributed by atoms with van der Waals surface area (Å²) in [6.07, 6.45) is -3.48. The number of nitrogens with zero attached hydrogens (tertiary/aromatic N) is 1. The van der Waals surface area contributed by atoms with Gasteiger partial charge in [0, 0.05) is 12.4 Å². The highest BCUT2D eigenvalue weighted by Crippen LogP contribution is 2.20. The molecule has 18 heavy (non-hydrogen) atoms. The average molecular weight is 310 g/mol. The molecule has 0 aliphatic heterocycles. The van der Waals surface area contributed by atoms with Gasteiger partial charge < -0.3 is 0 Å². The molecule has 110 valence electrons. The smallest absolute Gasteiger partial charge is 0.212 e. The lowest BCUT2D eigenvalue weighted by molar-refractivity contribution is -0.136. The summed E-state index contributed by atoms with van der Waals surface area (Å²) in [7, 11) is -3.91. The summed E-state index contributed by atoms with van der Waals surface area (Å²) in [5.41, 5.74) is 0. The number of alkyl halides is 4. The molecule has 0 aliphatic rings. The van der Waals surface area contributed by atoms with Crippen LogP contribution in [0, 0.1) is 5.92 Å². The number of sulfonamides is 1. The van der Waals surface area contributed by atoms with Gasteiger partial charge in [-0.1, -0.05) is 20.3 Å². The molecule has 0 aromatic rings. The van der Waals surface area contributed by atoms with Crippen molar-refractivity contribution in [3.8, 4) is 0 Å². The Morgan fingerprint density at radius 1 is 1.33 bits per heavy atom. The van der Waals surface area contributed by atoms with E-state index < -0.39 is 22.7 Å². The molecular weight excluding hydrogens is 291 g/mol. The number of halogens is 4. The quantitative estimate of drug-likeness (QED) is 0.647. The molecule has 0 saturated carbocycles. The minimum Gasteiger partial charge on any atom is -0.212 e. The standard InChI is InChI=1S/C10H19ClF3NO2S/c1-3-4-5-15(8-10(12,13)14)18(16,17)7-9(2)6-11/h9H,3-8H2,1-2H3. The summed E-state index contributed by atoms with van der Waals surface area (Å²) in [6, 6.07) is 0. The van der Waals surface area contributed by atoms with Gasteiger partial charge in [0.1, 0.15) is 6.54 Å². The summed E-state index contributed by atoms with van der Waals surface area (Å²) in [4.78, 5) is 0. The number of hydrogen-bond donors (Lipinski definition) is 0. The van der Waals surface area contributed by atoms with E-state index in [0.29, 0.717) is 17.1 Å². The third kappa shape index (κ3) is 7.43. The van der Waals surface area contributed by atoms with Crippen LogP contribution in [0.15, 0.2) is 0 Å². The van der Waals surface area contributed by atoms with Gasteiger partial charge in [-0.2, -0.15) is 17.5 Å². The SMILES string of the molecule is CCCCN(CC(F)(F)F)S(=O)(=O)CC(C)CCl. The van der Waals surface area contributed by atoms with Gasteiger partial charge in [-0.25, -0.2) is 8.42 Å². The maximum Gasteiger partial charge on any atom is 0.402 e. The summed E-state index contributed by atoms with van der Waals surface area (Å²) in [5, 5.41) is 0. The van der Waals surface area contributed by atoms with E-state index in [-0.39, 0.29) is 24.1 Å². The van der Waals surface area contributed by atoms with E-state index >= 15 is 0 Å². The highest BCUT2D eigenvalue weighted by atomic mass is 35.5. The van der Waals surface area contributed by atoms with E-state index in [1.807, 2.05) is 0 Å². The maximum atomic E-state index is 12.4. The lowest BCUT2D eigenvalue weighted by Crippen LogP contribution is -2.41. The van der Waals surface area contributed by atoms with Gasteiger partial charge in [0.2, 0.25) is 10.0 Å². The molecule has 0 bridgehead atoms. The van der Waals surface area contributed by atoms with E-state index in [1.165, 1.54) is 0 Å². The third-order valence-corrected chi connectivity index (χ3v) is 4.88. The van der Waals surface area contributed by atoms with Crippen LogP contribution in [0.4, 0.5) is 13.2 Å². The summed E-state index contributed by atoms with van der Waals surface area (Å²) >= 11 is 5.49.